The SMILES string of the molecule is O=C(O)CSc1cc(-n2c(=O)cc(C(F)(F)F)n3ccnc23)c(F)cc1Cl. The number of fused-ring (bicyclic) bond motifs is 1. The number of hydrogen-bond donors (Lipinski definition) is 1. The van der Waals surface area contributed by atoms with Gasteiger partial charge in [0.2, 0.25) is 5.78 Å². The number of aromatic nitrogens is 3. The highest BCUT2D eigenvalue weighted by atomic mass is 35.5. The Morgan fingerprint density at radius 3 is 2.63 bits per heavy atom. The van der Waals surface area contributed by atoms with Gasteiger partial charge in [0, 0.05) is 23.4 Å². The van der Waals surface area contributed by atoms with Gasteiger partial charge in [-0.05, 0) is 12.1 Å². The fraction of sp³-hybridized carbons (Fsp3) is 0.133. The quantitative estimate of drug-likeness (QED) is 0.515. The molecule has 3 aromatic rings. The molecule has 2 aromatic heterocycles. The summed E-state index contributed by atoms with van der Waals surface area (Å²) in [5.41, 5.74) is -2.82. The molecule has 0 bridgehead atoms. The number of carbonyl (C=O) groups is 1. The zero-order chi connectivity index (χ0) is 19.9. The Balaban J connectivity index is 2.26. The van der Waals surface area contributed by atoms with Gasteiger partial charge in [0.15, 0.2) is 0 Å². The van der Waals surface area contributed by atoms with E-state index in [0.29, 0.717) is 15.0 Å². The standard InChI is InChI=1S/C15H8ClF4N3O3S/c16-7-3-8(17)9(4-10(7)27-6-13(25)26)23-12(24)5-11(15(18,19)20)22-2-1-21-14(22)23/h1-5H,6H2,(H,25,26). The van der Waals surface area contributed by atoms with Crippen molar-refractivity contribution in [1.29, 1.82) is 0 Å². The van der Waals surface area contributed by atoms with E-state index in [9.17, 15) is 27.2 Å². The van der Waals surface area contributed by atoms with E-state index in [4.69, 9.17) is 16.7 Å². The molecule has 1 aromatic carbocycles. The van der Waals surface area contributed by atoms with Crippen LogP contribution in [0.1, 0.15) is 5.69 Å². The Labute approximate surface area is 157 Å². The summed E-state index contributed by atoms with van der Waals surface area (Å²) in [5, 5.41) is 8.66. The topological polar surface area (TPSA) is 76.6 Å². The number of nitrogens with zero attached hydrogens (tertiary/aromatic N) is 3. The molecule has 0 atom stereocenters. The van der Waals surface area contributed by atoms with Crippen LogP contribution in [-0.2, 0) is 11.0 Å². The lowest BCUT2D eigenvalue weighted by Gasteiger charge is -2.15. The molecule has 0 unspecified atom stereocenters. The minimum Gasteiger partial charge on any atom is -0.481 e. The van der Waals surface area contributed by atoms with Crippen LogP contribution in [0.3, 0.4) is 0 Å². The summed E-state index contributed by atoms with van der Waals surface area (Å²) in [6.07, 6.45) is -2.80. The Kier molecular flexibility index (Phi) is 4.91. The van der Waals surface area contributed by atoms with Crippen LogP contribution in [0.5, 0.6) is 0 Å². The number of rotatable bonds is 4. The van der Waals surface area contributed by atoms with Gasteiger partial charge >= 0.3 is 12.1 Å². The van der Waals surface area contributed by atoms with Gasteiger partial charge in [0.1, 0.15) is 11.5 Å². The Morgan fingerprint density at radius 1 is 1.30 bits per heavy atom. The monoisotopic (exact) mass is 421 g/mol. The highest BCUT2D eigenvalue weighted by Crippen LogP contribution is 2.33. The molecular formula is C15H8ClF4N3O3S. The maximum absolute atomic E-state index is 14.4. The molecule has 0 radical (unpaired) electrons. The van der Waals surface area contributed by atoms with Crippen LogP contribution in [0, 0.1) is 5.82 Å². The summed E-state index contributed by atoms with van der Waals surface area (Å²) in [7, 11) is 0. The smallest absolute Gasteiger partial charge is 0.432 e. The molecule has 0 fully saturated rings. The summed E-state index contributed by atoms with van der Waals surface area (Å²) in [4.78, 5) is 26.9. The van der Waals surface area contributed by atoms with E-state index in [1.165, 1.54) is 0 Å². The zero-order valence-electron chi connectivity index (χ0n) is 13.0. The van der Waals surface area contributed by atoms with Crippen LogP contribution in [-0.4, -0.2) is 30.8 Å². The molecule has 0 aliphatic carbocycles. The van der Waals surface area contributed by atoms with Crippen LogP contribution < -0.4 is 5.56 Å². The number of benzene rings is 1. The molecule has 142 valence electrons. The second kappa shape index (κ2) is 6.89. The van der Waals surface area contributed by atoms with E-state index in [1.54, 1.807) is 0 Å². The van der Waals surface area contributed by atoms with Crippen molar-refractivity contribution in [2.24, 2.45) is 0 Å². The molecule has 2 heterocycles. The van der Waals surface area contributed by atoms with E-state index < -0.39 is 40.7 Å². The van der Waals surface area contributed by atoms with Crippen molar-refractivity contribution in [3.05, 3.63) is 57.5 Å². The first-order valence-electron chi connectivity index (χ1n) is 7.10. The number of hydrogen-bond acceptors (Lipinski definition) is 4. The second-order valence-electron chi connectivity index (χ2n) is 5.21. The molecule has 1 N–H and O–H groups in total. The summed E-state index contributed by atoms with van der Waals surface area (Å²) in [6.45, 7) is 0. The third kappa shape index (κ3) is 3.65. The normalized spacial score (nSPS) is 11.9. The fourth-order valence-electron chi connectivity index (χ4n) is 2.38. The molecule has 0 saturated heterocycles. The predicted octanol–water partition coefficient (Wildman–Crippen LogP) is 3.47. The van der Waals surface area contributed by atoms with Gasteiger partial charge < -0.3 is 5.11 Å². The first-order valence-corrected chi connectivity index (χ1v) is 8.46. The third-order valence-electron chi connectivity index (χ3n) is 3.45. The van der Waals surface area contributed by atoms with E-state index in [-0.39, 0.29) is 15.7 Å². The van der Waals surface area contributed by atoms with E-state index >= 15 is 0 Å². The molecule has 0 saturated carbocycles. The number of thioether (sulfide) groups is 1. The maximum Gasteiger partial charge on any atom is 0.432 e. The number of carboxylic acid groups (broad SMARTS) is 1. The summed E-state index contributed by atoms with van der Waals surface area (Å²) >= 11 is 6.66. The average Bonchev–Trinajstić information content (AvgIpc) is 3.02. The van der Waals surface area contributed by atoms with Gasteiger partial charge in [-0.25, -0.2) is 13.9 Å². The average molecular weight is 422 g/mol. The van der Waals surface area contributed by atoms with Crippen molar-refractivity contribution < 1.29 is 27.5 Å². The van der Waals surface area contributed by atoms with Gasteiger partial charge in [-0.1, -0.05) is 11.6 Å². The Hall–Kier alpha value is -2.53. The number of alkyl halides is 3. The molecule has 0 aliphatic rings. The van der Waals surface area contributed by atoms with Gasteiger partial charge in [-0.3, -0.25) is 14.0 Å². The first-order chi connectivity index (χ1) is 12.6. The second-order valence-corrected chi connectivity index (χ2v) is 6.64. The molecule has 0 aliphatic heterocycles. The fourth-order valence-corrected chi connectivity index (χ4v) is 3.37. The van der Waals surface area contributed by atoms with Crippen LogP contribution in [0.4, 0.5) is 17.6 Å². The molecule has 0 spiro atoms. The lowest BCUT2D eigenvalue weighted by atomic mass is 10.3. The number of halogens is 5. The Bertz CT molecular complexity index is 1110. The summed E-state index contributed by atoms with van der Waals surface area (Å²) in [6, 6.07) is 2.27. The van der Waals surface area contributed by atoms with Gasteiger partial charge in [-0.15, -0.1) is 11.8 Å². The van der Waals surface area contributed by atoms with Crippen molar-refractivity contribution in [2.45, 2.75) is 11.1 Å². The molecular weight excluding hydrogens is 414 g/mol. The predicted molar refractivity (Wildman–Crippen MR) is 89.1 cm³/mol. The van der Waals surface area contributed by atoms with E-state index in [2.05, 4.69) is 4.98 Å². The molecule has 27 heavy (non-hydrogen) atoms. The highest BCUT2D eigenvalue weighted by molar-refractivity contribution is 8.00. The van der Waals surface area contributed by atoms with Crippen molar-refractivity contribution in [2.75, 3.05) is 5.75 Å². The van der Waals surface area contributed by atoms with Gasteiger partial charge in [0.05, 0.1) is 16.5 Å². The van der Waals surface area contributed by atoms with Gasteiger partial charge in [0.25, 0.3) is 5.56 Å². The van der Waals surface area contributed by atoms with Crippen molar-refractivity contribution in [3.63, 3.8) is 0 Å². The first kappa shape index (κ1) is 19.2. The van der Waals surface area contributed by atoms with Crippen molar-refractivity contribution in [1.82, 2.24) is 14.0 Å². The van der Waals surface area contributed by atoms with Crippen LogP contribution in [0.15, 0.2) is 40.3 Å². The number of aliphatic carboxylic acids is 1. The van der Waals surface area contributed by atoms with Crippen LogP contribution in [0.2, 0.25) is 5.02 Å². The van der Waals surface area contributed by atoms with Crippen molar-refractivity contribution in [3.8, 4) is 5.69 Å². The summed E-state index contributed by atoms with van der Waals surface area (Å²) < 4.78 is 55.1. The number of imidazole rings is 1. The minimum atomic E-state index is -4.82. The molecule has 12 heteroatoms. The van der Waals surface area contributed by atoms with Crippen LogP contribution >= 0.6 is 23.4 Å². The molecule has 3 rings (SSSR count). The lowest BCUT2D eigenvalue weighted by Crippen LogP contribution is -2.26. The minimum absolute atomic E-state index is 0.0955. The largest absolute Gasteiger partial charge is 0.481 e. The van der Waals surface area contributed by atoms with Crippen LogP contribution in [0.25, 0.3) is 11.5 Å². The zero-order valence-corrected chi connectivity index (χ0v) is 14.6. The summed E-state index contributed by atoms with van der Waals surface area (Å²) in [5.74, 6) is -2.97. The van der Waals surface area contributed by atoms with Gasteiger partial charge in [-0.2, -0.15) is 13.2 Å². The molecule has 6 nitrogen and oxygen atoms in total. The Morgan fingerprint density at radius 2 is 2.00 bits per heavy atom. The molecule has 0 amide bonds. The third-order valence-corrected chi connectivity index (χ3v) is 4.91. The lowest BCUT2D eigenvalue weighted by molar-refractivity contribution is -0.142. The van der Waals surface area contributed by atoms with Crippen molar-refractivity contribution >= 4 is 35.1 Å². The maximum atomic E-state index is 14.4. The van der Waals surface area contributed by atoms with E-state index in [1.807, 2.05) is 0 Å². The van der Waals surface area contributed by atoms with E-state index in [0.717, 1.165) is 36.3 Å². The number of carboxylic acids is 1. The highest BCUT2D eigenvalue weighted by Gasteiger charge is 2.35.